The fourth-order valence-corrected chi connectivity index (χ4v) is 2.86. The number of H-pyrrole nitrogens is 1. The molecule has 2 N–H and O–H groups in total. The molecule has 1 amide bonds. The van der Waals surface area contributed by atoms with Crippen molar-refractivity contribution < 1.29 is 4.79 Å². The smallest absolute Gasteiger partial charge is 0.278 e. The summed E-state index contributed by atoms with van der Waals surface area (Å²) in [6.07, 6.45) is 6.01. The van der Waals surface area contributed by atoms with E-state index >= 15 is 0 Å². The minimum Gasteiger partial charge on any atom is -0.351 e. The van der Waals surface area contributed by atoms with Gasteiger partial charge in [0.2, 0.25) is 5.91 Å². The van der Waals surface area contributed by atoms with Crippen molar-refractivity contribution in [2.75, 3.05) is 6.54 Å². The van der Waals surface area contributed by atoms with E-state index in [0.717, 1.165) is 5.56 Å². The van der Waals surface area contributed by atoms with E-state index in [1.54, 1.807) is 17.1 Å². The molecule has 0 fully saturated rings. The molecule has 0 aromatic carbocycles. The number of nitriles is 1. The van der Waals surface area contributed by atoms with E-state index in [-0.39, 0.29) is 17.4 Å². The number of fused-ring (bicyclic) bond motifs is 1. The summed E-state index contributed by atoms with van der Waals surface area (Å²) in [5.41, 5.74) is 2.28. The van der Waals surface area contributed by atoms with E-state index in [1.165, 1.54) is 16.8 Å². The number of rotatable bonds is 6. The van der Waals surface area contributed by atoms with E-state index in [4.69, 9.17) is 0 Å². The number of carbonyl (C=O) groups is 1. The number of nitrogens with one attached hydrogen (secondary N) is 2. The zero-order chi connectivity index (χ0) is 19.6. The lowest BCUT2D eigenvalue weighted by Crippen LogP contribution is -2.25. The van der Waals surface area contributed by atoms with Gasteiger partial charge in [0.05, 0.1) is 24.6 Å². The summed E-state index contributed by atoms with van der Waals surface area (Å²) in [5, 5.41) is 20.2. The first-order chi connectivity index (χ1) is 13.0. The summed E-state index contributed by atoms with van der Waals surface area (Å²) >= 11 is 0. The molecule has 9 heteroatoms. The Bertz CT molecular complexity index is 1110. The molecule has 0 spiro atoms. The average molecular weight is 365 g/mol. The zero-order valence-electron chi connectivity index (χ0n) is 15.1. The summed E-state index contributed by atoms with van der Waals surface area (Å²) in [6, 6.07) is 2.03. The van der Waals surface area contributed by atoms with Gasteiger partial charge in [0.15, 0.2) is 5.65 Å². The van der Waals surface area contributed by atoms with E-state index in [9.17, 15) is 14.9 Å². The van der Waals surface area contributed by atoms with Crippen LogP contribution in [0.2, 0.25) is 0 Å². The van der Waals surface area contributed by atoms with Gasteiger partial charge in [-0.1, -0.05) is 20.4 Å². The van der Waals surface area contributed by atoms with Crippen molar-refractivity contribution in [1.82, 2.24) is 29.7 Å². The molecule has 3 aromatic rings. The van der Waals surface area contributed by atoms with Gasteiger partial charge < -0.3 is 10.3 Å². The maximum atomic E-state index is 12.9. The van der Waals surface area contributed by atoms with Gasteiger partial charge in [0.1, 0.15) is 11.6 Å². The topological polar surface area (TPSA) is 121 Å². The molecular formula is C18H19N7O2. The van der Waals surface area contributed by atoms with Crippen molar-refractivity contribution in [1.29, 1.82) is 5.26 Å². The van der Waals surface area contributed by atoms with Gasteiger partial charge in [-0.15, -0.1) is 0 Å². The van der Waals surface area contributed by atoms with Gasteiger partial charge in [-0.2, -0.15) is 20.0 Å². The Morgan fingerprint density at radius 3 is 2.89 bits per heavy atom. The van der Waals surface area contributed by atoms with Crippen LogP contribution < -0.4 is 10.9 Å². The highest BCUT2D eigenvalue weighted by atomic mass is 16.1. The maximum Gasteiger partial charge on any atom is 0.278 e. The number of nitrogens with zero attached hydrogens (tertiary/aromatic N) is 5. The van der Waals surface area contributed by atoms with Gasteiger partial charge in [0, 0.05) is 23.9 Å². The minimum absolute atomic E-state index is 0.0573. The molecule has 0 atom stereocenters. The van der Waals surface area contributed by atoms with Crippen LogP contribution in [0, 0.1) is 11.3 Å². The number of hydrogen-bond donors (Lipinski definition) is 2. The Balaban J connectivity index is 2.02. The molecule has 0 saturated heterocycles. The fourth-order valence-electron chi connectivity index (χ4n) is 2.86. The van der Waals surface area contributed by atoms with E-state index < -0.39 is 0 Å². The minimum atomic E-state index is -0.263. The second-order valence-corrected chi connectivity index (χ2v) is 6.29. The summed E-state index contributed by atoms with van der Waals surface area (Å²) in [5.74, 6) is -0.304. The highest BCUT2D eigenvalue weighted by Crippen LogP contribution is 2.25. The van der Waals surface area contributed by atoms with Crippen molar-refractivity contribution in [3.63, 3.8) is 0 Å². The summed E-state index contributed by atoms with van der Waals surface area (Å²) in [4.78, 5) is 27.3. The predicted molar refractivity (Wildman–Crippen MR) is 99.0 cm³/mol. The van der Waals surface area contributed by atoms with Crippen LogP contribution in [0.1, 0.15) is 30.9 Å². The third-order valence-electron chi connectivity index (χ3n) is 4.15. The van der Waals surface area contributed by atoms with Crippen LogP contribution in [0.3, 0.4) is 0 Å². The number of amides is 1. The van der Waals surface area contributed by atoms with Crippen molar-refractivity contribution in [2.24, 2.45) is 0 Å². The summed E-state index contributed by atoms with van der Waals surface area (Å²) < 4.78 is 2.89. The molecule has 0 bridgehead atoms. The molecule has 0 aliphatic rings. The monoisotopic (exact) mass is 365 g/mol. The first-order valence-electron chi connectivity index (χ1n) is 8.43. The van der Waals surface area contributed by atoms with Crippen molar-refractivity contribution in [3.8, 4) is 17.3 Å². The summed E-state index contributed by atoms with van der Waals surface area (Å²) in [6.45, 7) is 8.12. The number of aromatic nitrogens is 5. The SMILES string of the molecule is C=CC(=O)NCCn1cc(-c2[nH]c3c(C#N)cnn3c(=O)c2C(C)C)cn1. The first kappa shape index (κ1) is 18.1. The van der Waals surface area contributed by atoms with Crippen LogP contribution in [0.4, 0.5) is 0 Å². The second kappa shape index (κ2) is 7.29. The second-order valence-electron chi connectivity index (χ2n) is 6.29. The molecule has 0 unspecified atom stereocenters. The maximum absolute atomic E-state index is 12.9. The molecule has 3 heterocycles. The third kappa shape index (κ3) is 3.37. The lowest BCUT2D eigenvalue weighted by Gasteiger charge is -2.11. The van der Waals surface area contributed by atoms with E-state index in [1.807, 2.05) is 19.9 Å². The molecule has 138 valence electrons. The standard InChI is InChI=1S/C18H19N7O2/c1-4-14(26)20-5-6-24-10-13(9-21-24)16-15(11(2)3)18(27)25-17(23-16)12(7-19)8-22-25/h4,8-11,23H,1,5-6H2,2-3H3,(H,20,26). The Kier molecular flexibility index (Phi) is 4.90. The van der Waals surface area contributed by atoms with Crippen LogP contribution in [-0.2, 0) is 11.3 Å². The lowest BCUT2D eigenvalue weighted by molar-refractivity contribution is -0.116. The van der Waals surface area contributed by atoms with Crippen LogP contribution in [0.25, 0.3) is 16.9 Å². The Hall–Kier alpha value is -3.67. The molecule has 0 radical (unpaired) electrons. The Morgan fingerprint density at radius 1 is 1.44 bits per heavy atom. The van der Waals surface area contributed by atoms with Gasteiger partial charge in [-0.05, 0) is 12.0 Å². The summed E-state index contributed by atoms with van der Waals surface area (Å²) in [7, 11) is 0. The van der Waals surface area contributed by atoms with Crippen molar-refractivity contribution >= 4 is 11.6 Å². The third-order valence-corrected chi connectivity index (χ3v) is 4.15. The van der Waals surface area contributed by atoms with Gasteiger partial charge in [0.25, 0.3) is 5.56 Å². The van der Waals surface area contributed by atoms with Gasteiger partial charge >= 0.3 is 0 Å². The van der Waals surface area contributed by atoms with Crippen molar-refractivity contribution in [2.45, 2.75) is 26.3 Å². The van der Waals surface area contributed by atoms with Gasteiger partial charge in [-0.3, -0.25) is 14.3 Å². The molecule has 3 aromatic heterocycles. The molecular weight excluding hydrogens is 346 g/mol. The van der Waals surface area contributed by atoms with Crippen LogP contribution in [0.5, 0.6) is 0 Å². The number of hydrogen-bond acceptors (Lipinski definition) is 5. The van der Waals surface area contributed by atoms with E-state index in [0.29, 0.717) is 35.6 Å². The Labute approximate surface area is 154 Å². The van der Waals surface area contributed by atoms with E-state index in [2.05, 4.69) is 27.1 Å². The normalized spacial score (nSPS) is 10.9. The highest BCUT2D eigenvalue weighted by molar-refractivity contribution is 5.86. The molecule has 27 heavy (non-hydrogen) atoms. The largest absolute Gasteiger partial charge is 0.351 e. The van der Waals surface area contributed by atoms with Crippen LogP contribution >= 0.6 is 0 Å². The number of aromatic amines is 1. The average Bonchev–Trinajstić information content (AvgIpc) is 3.27. The number of carbonyl (C=O) groups excluding carboxylic acids is 1. The van der Waals surface area contributed by atoms with Crippen LogP contribution in [-0.4, -0.2) is 36.8 Å². The van der Waals surface area contributed by atoms with Gasteiger partial charge in [-0.25, -0.2) is 0 Å². The molecule has 0 saturated carbocycles. The Morgan fingerprint density at radius 2 is 2.22 bits per heavy atom. The molecule has 9 nitrogen and oxygen atoms in total. The first-order valence-corrected chi connectivity index (χ1v) is 8.43. The quantitative estimate of drug-likeness (QED) is 0.636. The highest BCUT2D eigenvalue weighted by Gasteiger charge is 2.20. The zero-order valence-corrected chi connectivity index (χ0v) is 15.1. The molecule has 0 aliphatic carbocycles. The molecule has 0 aliphatic heterocycles. The molecule has 3 rings (SSSR count). The predicted octanol–water partition coefficient (Wildman–Crippen LogP) is 1.18. The lowest BCUT2D eigenvalue weighted by atomic mass is 10.00. The van der Waals surface area contributed by atoms with Crippen molar-refractivity contribution in [3.05, 3.63) is 52.7 Å². The van der Waals surface area contributed by atoms with Crippen LogP contribution in [0.15, 0.2) is 36.0 Å². The fraction of sp³-hybridized carbons (Fsp3) is 0.278.